The first-order valence-corrected chi connectivity index (χ1v) is 8.46. The van der Waals surface area contributed by atoms with Crippen LogP contribution in [0.4, 0.5) is 0 Å². The standard InChI is InChI=1S/C17H22N2S/c1-13(17-11-20-12-18-17)19-16-9-7-15(8-10-16)14-5-3-2-4-6-14/h2-6,11-13,15-16,19H,7-10H2,1H3. The van der Waals surface area contributed by atoms with E-state index in [0.717, 1.165) is 5.92 Å². The Hall–Kier alpha value is -1.19. The van der Waals surface area contributed by atoms with Crippen molar-refractivity contribution in [3.63, 3.8) is 0 Å². The summed E-state index contributed by atoms with van der Waals surface area (Å²) in [5.41, 5.74) is 4.61. The minimum Gasteiger partial charge on any atom is -0.306 e. The van der Waals surface area contributed by atoms with Crippen molar-refractivity contribution in [2.45, 2.75) is 50.6 Å². The van der Waals surface area contributed by atoms with E-state index in [1.165, 1.54) is 36.9 Å². The third kappa shape index (κ3) is 3.28. The summed E-state index contributed by atoms with van der Waals surface area (Å²) in [6, 6.07) is 12.0. The van der Waals surface area contributed by atoms with Crippen LogP contribution in [0.15, 0.2) is 41.2 Å². The lowest BCUT2D eigenvalue weighted by Gasteiger charge is -2.31. The van der Waals surface area contributed by atoms with E-state index in [1.807, 2.05) is 5.51 Å². The normalized spacial score (nSPS) is 24.4. The SMILES string of the molecule is CC(NC1CCC(c2ccccc2)CC1)c1cscn1. The molecule has 3 rings (SSSR count). The molecule has 0 saturated heterocycles. The van der Waals surface area contributed by atoms with Gasteiger partial charge in [0.15, 0.2) is 0 Å². The summed E-state index contributed by atoms with van der Waals surface area (Å²) >= 11 is 1.68. The summed E-state index contributed by atoms with van der Waals surface area (Å²) in [4.78, 5) is 4.40. The van der Waals surface area contributed by atoms with Crippen molar-refractivity contribution < 1.29 is 0 Å². The maximum atomic E-state index is 4.40. The van der Waals surface area contributed by atoms with E-state index in [-0.39, 0.29) is 0 Å². The second-order valence-corrected chi connectivity index (χ2v) is 6.48. The summed E-state index contributed by atoms with van der Waals surface area (Å²) < 4.78 is 0. The number of hydrogen-bond donors (Lipinski definition) is 1. The molecule has 1 aromatic carbocycles. The molecule has 1 atom stereocenters. The molecule has 20 heavy (non-hydrogen) atoms. The minimum absolute atomic E-state index is 0.375. The van der Waals surface area contributed by atoms with Crippen molar-refractivity contribution >= 4 is 11.3 Å². The third-order valence-electron chi connectivity index (χ3n) is 4.38. The molecule has 1 aliphatic rings. The molecule has 0 radical (unpaired) electrons. The number of nitrogens with one attached hydrogen (secondary N) is 1. The van der Waals surface area contributed by atoms with E-state index in [2.05, 4.69) is 52.9 Å². The summed E-state index contributed by atoms with van der Waals surface area (Å²) in [5, 5.41) is 5.88. The molecule has 1 unspecified atom stereocenters. The Balaban J connectivity index is 1.51. The molecule has 1 saturated carbocycles. The highest BCUT2D eigenvalue weighted by atomic mass is 32.1. The molecule has 3 heteroatoms. The van der Waals surface area contributed by atoms with Crippen LogP contribution in [0, 0.1) is 0 Å². The Morgan fingerprint density at radius 1 is 1.15 bits per heavy atom. The average Bonchev–Trinajstić information content (AvgIpc) is 3.03. The fourth-order valence-electron chi connectivity index (χ4n) is 3.19. The van der Waals surface area contributed by atoms with Gasteiger partial charge in [-0.25, -0.2) is 4.98 Å². The molecule has 2 aromatic rings. The van der Waals surface area contributed by atoms with Crippen LogP contribution < -0.4 is 5.32 Å². The first-order valence-electron chi connectivity index (χ1n) is 7.52. The van der Waals surface area contributed by atoms with Crippen LogP contribution in [0.3, 0.4) is 0 Å². The van der Waals surface area contributed by atoms with Crippen LogP contribution >= 0.6 is 11.3 Å². The zero-order valence-corrected chi connectivity index (χ0v) is 12.8. The number of aromatic nitrogens is 1. The summed E-state index contributed by atoms with van der Waals surface area (Å²) in [7, 11) is 0. The Bertz CT molecular complexity index is 501. The molecule has 0 aliphatic heterocycles. The first kappa shape index (κ1) is 13.8. The molecule has 1 N–H and O–H groups in total. The third-order valence-corrected chi connectivity index (χ3v) is 4.98. The second kappa shape index (κ2) is 6.51. The maximum absolute atomic E-state index is 4.40. The lowest BCUT2D eigenvalue weighted by molar-refractivity contribution is 0.320. The van der Waals surface area contributed by atoms with Gasteiger partial charge in [0.05, 0.1) is 11.2 Å². The minimum atomic E-state index is 0.375. The fraction of sp³-hybridized carbons (Fsp3) is 0.471. The summed E-state index contributed by atoms with van der Waals surface area (Å²) in [6.45, 7) is 2.22. The van der Waals surface area contributed by atoms with Crippen molar-refractivity contribution in [1.29, 1.82) is 0 Å². The van der Waals surface area contributed by atoms with Crippen molar-refractivity contribution in [2.24, 2.45) is 0 Å². The predicted molar refractivity (Wildman–Crippen MR) is 85.1 cm³/mol. The molecular weight excluding hydrogens is 264 g/mol. The van der Waals surface area contributed by atoms with E-state index in [1.54, 1.807) is 11.3 Å². The number of benzene rings is 1. The first-order chi connectivity index (χ1) is 9.83. The van der Waals surface area contributed by atoms with Gasteiger partial charge in [0.1, 0.15) is 0 Å². The molecule has 1 aromatic heterocycles. The van der Waals surface area contributed by atoms with Gasteiger partial charge >= 0.3 is 0 Å². The van der Waals surface area contributed by atoms with Gasteiger partial charge in [0, 0.05) is 17.5 Å². The Morgan fingerprint density at radius 3 is 2.55 bits per heavy atom. The molecule has 1 heterocycles. The highest BCUT2D eigenvalue weighted by molar-refractivity contribution is 7.07. The number of thiazole rings is 1. The highest BCUT2D eigenvalue weighted by Gasteiger charge is 2.23. The van der Waals surface area contributed by atoms with E-state index < -0.39 is 0 Å². The summed E-state index contributed by atoms with van der Waals surface area (Å²) in [6.07, 6.45) is 5.14. The Morgan fingerprint density at radius 2 is 1.90 bits per heavy atom. The number of nitrogens with zero attached hydrogens (tertiary/aromatic N) is 1. The van der Waals surface area contributed by atoms with Gasteiger partial charge in [0.2, 0.25) is 0 Å². The molecule has 1 fully saturated rings. The largest absolute Gasteiger partial charge is 0.306 e. The van der Waals surface area contributed by atoms with Crippen LogP contribution in [-0.4, -0.2) is 11.0 Å². The van der Waals surface area contributed by atoms with Gasteiger partial charge in [0.25, 0.3) is 0 Å². The van der Waals surface area contributed by atoms with E-state index >= 15 is 0 Å². The van der Waals surface area contributed by atoms with Gasteiger partial charge in [-0.3, -0.25) is 0 Å². The van der Waals surface area contributed by atoms with E-state index in [4.69, 9.17) is 0 Å². The maximum Gasteiger partial charge on any atom is 0.0795 e. The van der Waals surface area contributed by atoms with Crippen LogP contribution in [0.5, 0.6) is 0 Å². The van der Waals surface area contributed by atoms with E-state index in [0.29, 0.717) is 12.1 Å². The fourth-order valence-corrected chi connectivity index (χ4v) is 3.84. The molecule has 2 nitrogen and oxygen atoms in total. The lowest BCUT2D eigenvalue weighted by Crippen LogP contribution is -2.34. The number of hydrogen-bond acceptors (Lipinski definition) is 3. The van der Waals surface area contributed by atoms with Gasteiger partial charge in [-0.2, -0.15) is 0 Å². The highest BCUT2D eigenvalue weighted by Crippen LogP contribution is 2.33. The van der Waals surface area contributed by atoms with Crippen molar-refractivity contribution in [1.82, 2.24) is 10.3 Å². The van der Waals surface area contributed by atoms with Crippen LogP contribution in [0.25, 0.3) is 0 Å². The molecule has 0 bridgehead atoms. The van der Waals surface area contributed by atoms with Gasteiger partial charge in [-0.1, -0.05) is 30.3 Å². The smallest absolute Gasteiger partial charge is 0.0795 e. The molecule has 0 spiro atoms. The average molecular weight is 286 g/mol. The zero-order chi connectivity index (χ0) is 13.8. The molecule has 1 aliphatic carbocycles. The lowest BCUT2D eigenvalue weighted by atomic mass is 9.81. The predicted octanol–water partition coefficient (Wildman–Crippen LogP) is 4.52. The topological polar surface area (TPSA) is 24.9 Å². The van der Waals surface area contributed by atoms with Gasteiger partial charge in [-0.05, 0) is 44.1 Å². The zero-order valence-electron chi connectivity index (χ0n) is 12.0. The molecular formula is C17H22N2S. The molecule has 106 valence electrons. The van der Waals surface area contributed by atoms with Crippen LogP contribution in [-0.2, 0) is 0 Å². The number of rotatable bonds is 4. The van der Waals surface area contributed by atoms with Crippen molar-refractivity contribution in [2.75, 3.05) is 0 Å². The quantitative estimate of drug-likeness (QED) is 0.894. The van der Waals surface area contributed by atoms with Gasteiger partial charge in [-0.15, -0.1) is 11.3 Å². The van der Waals surface area contributed by atoms with Crippen molar-refractivity contribution in [3.05, 3.63) is 52.5 Å². The Labute approximate surface area is 125 Å². The van der Waals surface area contributed by atoms with Crippen molar-refractivity contribution in [3.8, 4) is 0 Å². The summed E-state index contributed by atoms with van der Waals surface area (Å²) in [5.74, 6) is 0.754. The Kier molecular flexibility index (Phi) is 4.48. The van der Waals surface area contributed by atoms with Crippen LogP contribution in [0.1, 0.15) is 55.8 Å². The van der Waals surface area contributed by atoms with Gasteiger partial charge < -0.3 is 5.32 Å². The second-order valence-electron chi connectivity index (χ2n) is 5.76. The van der Waals surface area contributed by atoms with Crippen LogP contribution in [0.2, 0.25) is 0 Å². The molecule has 0 amide bonds. The van der Waals surface area contributed by atoms with E-state index in [9.17, 15) is 0 Å². The monoisotopic (exact) mass is 286 g/mol.